The number of carbonyl (C=O) groups is 1. The molecule has 22 heavy (non-hydrogen) atoms. The lowest BCUT2D eigenvalue weighted by Gasteiger charge is -2.15. The largest absolute Gasteiger partial charge is 0.365 e. The Hall–Kier alpha value is -1.47. The number of thiazole rings is 2. The van der Waals surface area contributed by atoms with E-state index >= 15 is 0 Å². The molecule has 0 radical (unpaired) electrons. The minimum Gasteiger partial charge on any atom is -0.365 e. The SMILES string of the molecule is CNc1nc(C)c(C(C)C(=O)C(C)c2sc(NC)nc2C)s1. The third-order valence-electron chi connectivity index (χ3n) is 3.73. The summed E-state index contributed by atoms with van der Waals surface area (Å²) in [5.41, 5.74) is 1.86. The zero-order valence-electron chi connectivity index (χ0n) is 13.8. The van der Waals surface area contributed by atoms with E-state index in [-0.39, 0.29) is 17.6 Å². The molecule has 0 aliphatic carbocycles. The van der Waals surface area contributed by atoms with Gasteiger partial charge in [0.25, 0.3) is 0 Å². The highest BCUT2D eigenvalue weighted by Crippen LogP contribution is 2.36. The molecule has 0 aromatic carbocycles. The van der Waals surface area contributed by atoms with Crippen LogP contribution in [0.1, 0.15) is 46.8 Å². The van der Waals surface area contributed by atoms with Crippen LogP contribution in [0.2, 0.25) is 0 Å². The molecule has 0 spiro atoms. The minimum atomic E-state index is -0.158. The average molecular weight is 339 g/mol. The van der Waals surface area contributed by atoms with Crippen LogP contribution >= 0.6 is 22.7 Å². The number of nitrogens with zero attached hydrogens (tertiary/aromatic N) is 2. The van der Waals surface area contributed by atoms with E-state index in [2.05, 4.69) is 20.6 Å². The second kappa shape index (κ2) is 6.75. The van der Waals surface area contributed by atoms with E-state index in [0.29, 0.717) is 0 Å². The summed E-state index contributed by atoms with van der Waals surface area (Å²) in [5, 5.41) is 7.79. The third-order valence-corrected chi connectivity index (χ3v) is 6.45. The van der Waals surface area contributed by atoms with E-state index in [0.717, 1.165) is 31.4 Å². The first kappa shape index (κ1) is 16.9. The number of rotatable bonds is 6. The van der Waals surface area contributed by atoms with E-state index in [1.807, 2.05) is 41.8 Å². The second-order valence-electron chi connectivity index (χ2n) is 5.28. The highest BCUT2D eigenvalue weighted by molar-refractivity contribution is 7.16. The van der Waals surface area contributed by atoms with Crippen molar-refractivity contribution < 1.29 is 4.79 Å². The summed E-state index contributed by atoms with van der Waals surface area (Å²) in [7, 11) is 3.69. The molecule has 5 nitrogen and oxygen atoms in total. The van der Waals surface area contributed by atoms with Gasteiger partial charge in [0.05, 0.1) is 23.2 Å². The van der Waals surface area contributed by atoms with E-state index in [4.69, 9.17) is 0 Å². The summed E-state index contributed by atoms with van der Waals surface area (Å²) in [6.07, 6.45) is 0. The molecule has 0 aliphatic rings. The van der Waals surface area contributed by atoms with Crippen LogP contribution in [0.3, 0.4) is 0 Å². The molecule has 2 N–H and O–H groups in total. The van der Waals surface area contributed by atoms with Gasteiger partial charge >= 0.3 is 0 Å². The first-order valence-electron chi connectivity index (χ1n) is 7.22. The van der Waals surface area contributed by atoms with Crippen LogP contribution in [0.5, 0.6) is 0 Å². The predicted octanol–water partition coefficient (Wildman–Crippen LogP) is 3.78. The Morgan fingerprint density at radius 2 is 1.27 bits per heavy atom. The van der Waals surface area contributed by atoms with Gasteiger partial charge in [-0.2, -0.15) is 0 Å². The van der Waals surface area contributed by atoms with Gasteiger partial charge in [0.1, 0.15) is 5.78 Å². The summed E-state index contributed by atoms with van der Waals surface area (Å²) < 4.78 is 0. The Balaban J connectivity index is 2.25. The van der Waals surface area contributed by atoms with Gasteiger partial charge in [-0.25, -0.2) is 9.97 Å². The molecule has 2 atom stereocenters. The monoisotopic (exact) mass is 338 g/mol. The summed E-state index contributed by atoms with van der Waals surface area (Å²) in [5.74, 6) is -0.105. The fraction of sp³-hybridized carbons (Fsp3) is 0.533. The van der Waals surface area contributed by atoms with Crippen molar-refractivity contribution in [3.63, 3.8) is 0 Å². The van der Waals surface area contributed by atoms with E-state index < -0.39 is 0 Å². The third kappa shape index (κ3) is 3.15. The van der Waals surface area contributed by atoms with Crippen molar-refractivity contribution >= 4 is 38.7 Å². The normalized spacial score (nSPS) is 13.7. The lowest BCUT2D eigenvalue weighted by molar-refractivity contribution is -0.121. The van der Waals surface area contributed by atoms with Crippen LogP contribution in [0, 0.1) is 13.8 Å². The highest BCUT2D eigenvalue weighted by Gasteiger charge is 2.28. The molecule has 2 heterocycles. The smallest absolute Gasteiger partial charge is 0.182 e. The van der Waals surface area contributed by atoms with Crippen molar-refractivity contribution in [2.24, 2.45) is 0 Å². The van der Waals surface area contributed by atoms with Gasteiger partial charge in [-0.3, -0.25) is 4.79 Å². The van der Waals surface area contributed by atoms with Crippen LogP contribution in [0.25, 0.3) is 0 Å². The fourth-order valence-electron chi connectivity index (χ4n) is 2.47. The topological polar surface area (TPSA) is 66.9 Å². The van der Waals surface area contributed by atoms with Crippen LogP contribution in [0.15, 0.2) is 0 Å². The predicted molar refractivity (Wildman–Crippen MR) is 94.6 cm³/mol. The molecule has 2 aromatic rings. The number of nitrogens with one attached hydrogen (secondary N) is 2. The van der Waals surface area contributed by atoms with E-state index in [1.54, 1.807) is 22.7 Å². The zero-order valence-corrected chi connectivity index (χ0v) is 15.4. The van der Waals surface area contributed by atoms with Gasteiger partial charge < -0.3 is 10.6 Å². The Morgan fingerprint density at radius 1 is 0.909 bits per heavy atom. The lowest BCUT2D eigenvalue weighted by Crippen LogP contribution is -2.16. The standard InChI is InChI=1S/C15H22N4OS2/c1-7(12-9(3)18-14(16-5)21-12)11(20)8(2)13-10(4)19-15(17-6)22-13/h7-8H,1-6H3,(H,16,18)(H,17,19). The molecule has 120 valence electrons. The Kier molecular flexibility index (Phi) is 5.18. The summed E-state index contributed by atoms with van der Waals surface area (Å²) >= 11 is 3.11. The fourth-order valence-corrected chi connectivity index (χ4v) is 4.43. The highest BCUT2D eigenvalue weighted by atomic mass is 32.1. The minimum absolute atomic E-state index is 0.158. The Labute approximate surface area is 139 Å². The Bertz CT molecular complexity index is 621. The van der Waals surface area contributed by atoms with Gasteiger partial charge in [0.2, 0.25) is 0 Å². The van der Waals surface area contributed by atoms with Crippen molar-refractivity contribution in [1.82, 2.24) is 9.97 Å². The van der Waals surface area contributed by atoms with Crippen LogP contribution < -0.4 is 10.6 Å². The van der Waals surface area contributed by atoms with E-state index in [9.17, 15) is 4.79 Å². The quantitative estimate of drug-likeness (QED) is 0.839. The molecule has 0 amide bonds. The second-order valence-corrected chi connectivity index (χ2v) is 7.34. The summed E-state index contributed by atoms with van der Waals surface area (Å²) in [6.45, 7) is 7.85. The molecule has 2 aromatic heterocycles. The van der Waals surface area contributed by atoms with Gasteiger partial charge in [-0.05, 0) is 13.8 Å². The van der Waals surface area contributed by atoms with Gasteiger partial charge in [0, 0.05) is 23.8 Å². The van der Waals surface area contributed by atoms with Crippen LogP contribution in [-0.4, -0.2) is 29.8 Å². The molecule has 0 saturated carbocycles. The molecular formula is C15H22N4OS2. The first-order valence-corrected chi connectivity index (χ1v) is 8.86. The molecule has 0 aliphatic heterocycles. The molecule has 0 fully saturated rings. The molecular weight excluding hydrogens is 316 g/mol. The molecule has 2 rings (SSSR count). The molecule has 7 heteroatoms. The molecule has 0 bridgehead atoms. The number of Topliss-reactive ketones (excluding diaryl/α,β-unsaturated/α-hetero) is 1. The number of anilines is 2. The number of carbonyl (C=O) groups excluding carboxylic acids is 1. The molecule has 2 unspecified atom stereocenters. The lowest BCUT2D eigenvalue weighted by atomic mass is 9.92. The summed E-state index contributed by atoms with van der Waals surface area (Å²) in [6, 6.07) is 0. The van der Waals surface area contributed by atoms with Crippen molar-refractivity contribution in [1.29, 1.82) is 0 Å². The van der Waals surface area contributed by atoms with Crippen LogP contribution in [-0.2, 0) is 4.79 Å². The maximum atomic E-state index is 12.9. The van der Waals surface area contributed by atoms with Crippen LogP contribution in [0.4, 0.5) is 10.3 Å². The van der Waals surface area contributed by atoms with Crippen molar-refractivity contribution in [3.05, 3.63) is 21.1 Å². The maximum absolute atomic E-state index is 12.9. The first-order chi connectivity index (χ1) is 10.4. The number of hydrogen-bond donors (Lipinski definition) is 2. The zero-order chi connectivity index (χ0) is 16.4. The van der Waals surface area contributed by atoms with Crippen molar-refractivity contribution in [2.75, 3.05) is 24.7 Å². The maximum Gasteiger partial charge on any atom is 0.182 e. The number of aryl methyl sites for hydroxylation is 2. The van der Waals surface area contributed by atoms with E-state index in [1.165, 1.54) is 0 Å². The Morgan fingerprint density at radius 3 is 1.55 bits per heavy atom. The average Bonchev–Trinajstić information content (AvgIpc) is 3.07. The van der Waals surface area contributed by atoms with Gasteiger partial charge in [0.15, 0.2) is 10.3 Å². The van der Waals surface area contributed by atoms with Crippen molar-refractivity contribution in [3.8, 4) is 0 Å². The molecule has 0 saturated heterocycles. The number of aromatic nitrogens is 2. The van der Waals surface area contributed by atoms with Gasteiger partial charge in [-0.1, -0.05) is 13.8 Å². The number of ketones is 1. The summed E-state index contributed by atoms with van der Waals surface area (Å²) in [4.78, 5) is 23.8. The van der Waals surface area contributed by atoms with Crippen molar-refractivity contribution in [2.45, 2.75) is 39.5 Å². The van der Waals surface area contributed by atoms with Gasteiger partial charge in [-0.15, -0.1) is 22.7 Å². The number of hydrogen-bond acceptors (Lipinski definition) is 7.